The number of hydrogen-bond donors (Lipinski definition) is 1. The van der Waals surface area contributed by atoms with Crippen LogP contribution in [-0.4, -0.2) is 28.8 Å². The molecule has 1 aliphatic heterocycles. The highest BCUT2D eigenvalue weighted by Crippen LogP contribution is 2.19. The largest absolute Gasteiger partial charge is 0.618 e. The average Bonchev–Trinajstić information content (AvgIpc) is 2.99. The van der Waals surface area contributed by atoms with Crippen molar-refractivity contribution in [1.29, 1.82) is 0 Å². The second-order valence-electron chi connectivity index (χ2n) is 9.99. The highest BCUT2D eigenvalue weighted by Gasteiger charge is 2.16. The van der Waals surface area contributed by atoms with E-state index in [2.05, 4.69) is 6.92 Å². The van der Waals surface area contributed by atoms with Gasteiger partial charge in [0.2, 0.25) is 0 Å². The first-order chi connectivity index (χ1) is 19.5. The zero-order valence-electron chi connectivity index (χ0n) is 23.5. The van der Waals surface area contributed by atoms with Gasteiger partial charge in [0.15, 0.2) is 0 Å². The van der Waals surface area contributed by atoms with Crippen LogP contribution < -0.4 is 0 Å². The fourth-order valence-electron chi connectivity index (χ4n) is 4.47. The third kappa shape index (κ3) is 11.6. The Morgan fingerprint density at radius 3 is 1.77 bits per heavy atom. The van der Waals surface area contributed by atoms with Gasteiger partial charge in [0, 0.05) is 5.56 Å². The maximum absolute atomic E-state index is 10.9. The summed E-state index contributed by atoms with van der Waals surface area (Å²) < 4.78 is 42.0. The molecule has 3 aromatic carbocycles. The van der Waals surface area contributed by atoms with Crippen LogP contribution in [0.15, 0.2) is 95.9 Å². The molecule has 1 N–H and O–H groups in total. The van der Waals surface area contributed by atoms with E-state index in [1.54, 1.807) is 12.1 Å². The predicted molar refractivity (Wildman–Crippen MR) is 165 cm³/mol. The summed E-state index contributed by atoms with van der Waals surface area (Å²) >= 11 is 0. The van der Waals surface area contributed by atoms with Crippen molar-refractivity contribution >= 4 is 31.7 Å². The monoisotopic (exact) mass is 578 g/mol. The third-order valence-corrected chi connectivity index (χ3v) is 8.34. The van der Waals surface area contributed by atoms with E-state index in [0.29, 0.717) is 0 Å². The summed E-state index contributed by atoms with van der Waals surface area (Å²) in [6.07, 6.45) is 16.1. The van der Waals surface area contributed by atoms with Crippen molar-refractivity contribution in [2.75, 3.05) is 0 Å². The van der Waals surface area contributed by atoms with Crippen molar-refractivity contribution in [2.45, 2.75) is 82.4 Å². The van der Waals surface area contributed by atoms with Crippen molar-refractivity contribution in [3.63, 3.8) is 0 Å². The third-order valence-electron chi connectivity index (χ3n) is 6.77. The Hall–Kier alpha value is -3.00. The lowest BCUT2D eigenvalue weighted by molar-refractivity contribution is -0.101. The van der Waals surface area contributed by atoms with Gasteiger partial charge in [-0.15, -0.1) is 0 Å². The van der Waals surface area contributed by atoms with E-state index in [9.17, 15) is 8.42 Å². The molecule has 1 aliphatic rings. The fourth-order valence-corrected chi connectivity index (χ4v) is 5.61. The maximum atomic E-state index is 10.9. The minimum Gasteiger partial charge on any atom is -0.618 e. The molecule has 0 atom stereocenters. The van der Waals surface area contributed by atoms with Crippen molar-refractivity contribution in [1.82, 2.24) is 0 Å². The standard InChI is InChI=1S/C18H30O3S.C15H12O2Si/c1-2-3-4-5-6-7-8-9-10-11-12-17-13-15-18(16-14-17)22(19,20)21;1-3-7-12(8-4-1)14-11-15(17-18-16-14)13-9-5-2-6-10-13/h13-16H,2-12H2,1H3,(H,19,20,21);1-11,18H. The molecule has 0 amide bonds. The Labute approximate surface area is 242 Å². The molecule has 5 nitrogen and oxygen atoms in total. The second-order valence-corrected chi connectivity index (χ2v) is 12.1. The smallest absolute Gasteiger partial charge is 0.440 e. The van der Waals surface area contributed by atoms with E-state index in [1.165, 1.54) is 69.9 Å². The molecule has 0 unspecified atom stereocenters. The maximum Gasteiger partial charge on any atom is 0.440 e. The predicted octanol–water partition coefficient (Wildman–Crippen LogP) is 8.14. The molecule has 3 aromatic rings. The zero-order chi connectivity index (χ0) is 28.5. The van der Waals surface area contributed by atoms with Gasteiger partial charge in [0.25, 0.3) is 15.9 Å². The molecule has 0 radical (unpaired) electrons. The molecule has 1 heterocycles. The van der Waals surface area contributed by atoms with Gasteiger partial charge < -0.3 is 8.54 Å². The van der Waals surface area contributed by atoms with Crippen molar-refractivity contribution in [3.05, 3.63) is 108 Å². The number of benzene rings is 3. The minimum absolute atomic E-state index is 0.0284. The highest BCUT2D eigenvalue weighted by atomic mass is 32.2. The first-order valence-electron chi connectivity index (χ1n) is 14.4. The van der Waals surface area contributed by atoms with Gasteiger partial charge in [-0.2, -0.15) is 8.42 Å². The van der Waals surface area contributed by atoms with Crippen LogP contribution in [0.5, 0.6) is 0 Å². The molecular formula is C33H42O5SSi. The normalized spacial score (nSPS) is 12.8. The van der Waals surface area contributed by atoms with Crippen LogP contribution in [0.3, 0.4) is 0 Å². The molecule has 0 aliphatic carbocycles. The lowest BCUT2D eigenvalue weighted by Gasteiger charge is -2.15. The SMILES string of the molecule is C1=C(c2ccccc2)O[SiH-][O+]=C1c1ccccc1.CCCCCCCCCCCCc1ccc(S(=O)(=O)O)cc1. The molecule has 214 valence electrons. The van der Waals surface area contributed by atoms with E-state index in [0.717, 1.165) is 41.1 Å². The van der Waals surface area contributed by atoms with Crippen LogP contribution in [0.4, 0.5) is 0 Å². The van der Waals surface area contributed by atoms with Crippen LogP contribution in [0, 0.1) is 0 Å². The lowest BCUT2D eigenvalue weighted by Crippen LogP contribution is -2.10. The summed E-state index contributed by atoms with van der Waals surface area (Å²) in [5, 5.41) is 0. The fraction of sp³-hybridized carbons (Fsp3) is 0.364. The van der Waals surface area contributed by atoms with Gasteiger partial charge >= 0.3 is 10.0 Å². The van der Waals surface area contributed by atoms with Crippen molar-refractivity contribution in [2.24, 2.45) is 0 Å². The molecule has 0 bridgehead atoms. The summed E-state index contributed by atoms with van der Waals surface area (Å²) in [6, 6.07) is 26.7. The summed E-state index contributed by atoms with van der Waals surface area (Å²) in [5.41, 5.74) is 3.30. The Balaban J connectivity index is 0.000000224. The molecule has 0 aromatic heterocycles. The van der Waals surface area contributed by atoms with Crippen LogP contribution in [0.1, 0.15) is 91.9 Å². The Morgan fingerprint density at radius 1 is 0.700 bits per heavy atom. The van der Waals surface area contributed by atoms with Crippen LogP contribution in [-0.2, 0) is 21.0 Å². The molecular weight excluding hydrogens is 537 g/mol. The van der Waals surface area contributed by atoms with Crippen LogP contribution in [0.2, 0.25) is 0 Å². The second kappa shape index (κ2) is 17.6. The Bertz CT molecular complexity index is 1290. The molecule has 7 heteroatoms. The van der Waals surface area contributed by atoms with E-state index < -0.39 is 20.1 Å². The zero-order valence-corrected chi connectivity index (χ0v) is 25.5. The van der Waals surface area contributed by atoms with Gasteiger partial charge in [0.05, 0.1) is 22.3 Å². The molecule has 0 saturated heterocycles. The number of carbonyl (C=O) groups excluding carboxylic acids is 1. The van der Waals surface area contributed by atoms with Gasteiger partial charge in [-0.3, -0.25) is 4.55 Å². The summed E-state index contributed by atoms with van der Waals surface area (Å²) in [7, 11) is -4.55. The van der Waals surface area contributed by atoms with Gasteiger partial charge in [-0.25, -0.2) is 0 Å². The van der Waals surface area contributed by atoms with Gasteiger partial charge in [0.1, 0.15) is 0 Å². The van der Waals surface area contributed by atoms with Gasteiger partial charge in [-0.1, -0.05) is 125 Å². The average molecular weight is 579 g/mol. The van der Waals surface area contributed by atoms with Crippen molar-refractivity contribution in [3.8, 4) is 0 Å². The first-order valence-corrected chi connectivity index (χ1v) is 16.8. The molecule has 40 heavy (non-hydrogen) atoms. The quantitative estimate of drug-likeness (QED) is 0.0907. The van der Waals surface area contributed by atoms with Gasteiger partial charge in [-0.05, 0) is 42.7 Å². The molecule has 0 fully saturated rings. The van der Waals surface area contributed by atoms with Crippen LogP contribution >= 0.6 is 0 Å². The molecule has 4 rings (SSSR count). The first kappa shape index (κ1) is 31.5. The number of ketones is 1. The Kier molecular flexibility index (Phi) is 13.9. The minimum atomic E-state index is -4.06. The number of allylic oxidation sites excluding steroid dienone is 1. The van der Waals surface area contributed by atoms with Crippen LogP contribution in [0.25, 0.3) is 5.76 Å². The number of aryl methyl sites for hydroxylation is 1. The number of rotatable bonds is 14. The van der Waals surface area contributed by atoms with E-state index in [4.69, 9.17) is 13.1 Å². The summed E-state index contributed by atoms with van der Waals surface area (Å²) in [5.74, 6) is 1.77. The molecule has 0 saturated carbocycles. The van der Waals surface area contributed by atoms with E-state index >= 15 is 0 Å². The summed E-state index contributed by atoms with van der Waals surface area (Å²) in [6.45, 7) is 2.25. The van der Waals surface area contributed by atoms with Crippen molar-refractivity contribution < 1.29 is 21.5 Å². The lowest BCUT2D eigenvalue weighted by atomic mass is 10.0. The summed E-state index contributed by atoms with van der Waals surface area (Å²) in [4.78, 5) is -0.0284. The van der Waals surface area contributed by atoms with E-state index in [-0.39, 0.29) is 4.90 Å². The highest BCUT2D eigenvalue weighted by molar-refractivity contribution is 7.85. The number of hydrogen-bond acceptors (Lipinski definition) is 3. The number of unbranched alkanes of at least 4 members (excludes halogenated alkanes) is 9. The molecule has 0 spiro atoms. The topological polar surface area (TPSA) is 74.9 Å². The Morgan fingerprint density at radius 2 is 1.23 bits per heavy atom. The van der Waals surface area contributed by atoms with E-state index in [1.807, 2.05) is 66.7 Å².